The molecular weight excluding hydrogens is 276 g/mol. The van der Waals surface area contributed by atoms with Crippen molar-refractivity contribution < 1.29 is 24.2 Å². The summed E-state index contributed by atoms with van der Waals surface area (Å²) in [6.07, 6.45) is 2.89. The van der Waals surface area contributed by atoms with Crippen LogP contribution < -0.4 is 5.32 Å². The van der Waals surface area contributed by atoms with Crippen LogP contribution in [0.1, 0.15) is 39.0 Å². The van der Waals surface area contributed by atoms with Gasteiger partial charge in [0.05, 0.1) is 7.11 Å². The first-order valence-corrected chi connectivity index (χ1v) is 7.29. The van der Waals surface area contributed by atoms with E-state index in [0.29, 0.717) is 25.9 Å². The van der Waals surface area contributed by atoms with E-state index >= 15 is 0 Å². The minimum absolute atomic E-state index is 0.144. The lowest BCUT2D eigenvalue weighted by atomic mass is 10.0. The summed E-state index contributed by atoms with van der Waals surface area (Å²) in [5.74, 6) is -0.947. The van der Waals surface area contributed by atoms with Gasteiger partial charge in [0.25, 0.3) is 0 Å². The molecule has 1 aliphatic heterocycles. The fourth-order valence-electron chi connectivity index (χ4n) is 2.43. The topological polar surface area (TPSA) is 95.9 Å². The van der Waals surface area contributed by atoms with Crippen LogP contribution in [0.25, 0.3) is 0 Å². The Morgan fingerprint density at radius 3 is 2.71 bits per heavy atom. The van der Waals surface area contributed by atoms with Gasteiger partial charge < -0.3 is 20.1 Å². The van der Waals surface area contributed by atoms with Crippen LogP contribution in [0.3, 0.4) is 0 Å². The Morgan fingerprint density at radius 2 is 2.10 bits per heavy atom. The Labute approximate surface area is 124 Å². The summed E-state index contributed by atoms with van der Waals surface area (Å²) in [5, 5.41) is 11.4. The van der Waals surface area contributed by atoms with Crippen LogP contribution in [0.4, 0.5) is 4.79 Å². The molecule has 0 aromatic carbocycles. The molecule has 0 aromatic heterocycles. The van der Waals surface area contributed by atoms with E-state index in [0.717, 1.165) is 12.8 Å². The smallest absolute Gasteiger partial charge is 0.328 e. The molecule has 1 heterocycles. The normalized spacial score (nSPS) is 19.1. The van der Waals surface area contributed by atoms with E-state index in [1.807, 2.05) is 6.92 Å². The van der Waals surface area contributed by atoms with Gasteiger partial charge >= 0.3 is 18.0 Å². The molecule has 2 unspecified atom stereocenters. The Balaban J connectivity index is 2.30. The molecule has 2 amide bonds. The summed E-state index contributed by atoms with van der Waals surface area (Å²) in [6, 6.07) is -0.743. The number of carboxylic acids is 1. The molecule has 7 nitrogen and oxygen atoms in total. The second-order valence-electron chi connectivity index (χ2n) is 5.43. The van der Waals surface area contributed by atoms with Crippen molar-refractivity contribution in [3.63, 3.8) is 0 Å². The lowest BCUT2D eigenvalue weighted by Gasteiger charge is -2.23. The second kappa shape index (κ2) is 8.49. The first-order valence-electron chi connectivity index (χ1n) is 7.29. The molecule has 0 spiro atoms. The van der Waals surface area contributed by atoms with Crippen LogP contribution in [0.5, 0.6) is 0 Å². The van der Waals surface area contributed by atoms with E-state index < -0.39 is 12.0 Å². The van der Waals surface area contributed by atoms with Crippen LogP contribution in [-0.2, 0) is 14.3 Å². The van der Waals surface area contributed by atoms with Crippen LogP contribution in [-0.4, -0.2) is 54.2 Å². The number of carbonyl (C=O) groups is 3. The van der Waals surface area contributed by atoms with Crippen LogP contribution in [0, 0.1) is 5.92 Å². The van der Waals surface area contributed by atoms with Gasteiger partial charge in [-0.3, -0.25) is 4.79 Å². The Bertz CT molecular complexity index is 386. The number of rotatable bonds is 7. The Kier molecular flexibility index (Phi) is 6.98. The van der Waals surface area contributed by atoms with Crippen LogP contribution in [0.2, 0.25) is 0 Å². The van der Waals surface area contributed by atoms with Crippen molar-refractivity contribution in [2.75, 3.05) is 20.2 Å². The fraction of sp³-hybridized carbons (Fsp3) is 0.786. The summed E-state index contributed by atoms with van der Waals surface area (Å²) in [7, 11) is 1.32. The molecular formula is C14H24N2O5. The third kappa shape index (κ3) is 5.61. The van der Waals surface area contributed by atoms with Gasteiger partial charge in [-0.1, -0.05) is 6.92 Å². The average molecular weight is 300 g/mol. The predicted octanol–water partition coefficient (Wildman–Crippen LogP) is 1.22. The number of hydrogen-bond donors (Lipinski definition) is 2. The third-order valence-corrected chi connectivity index (χ3v) is 3.75. The van der Waals surface area contributed by atoms with Gasteiger partial charge in [0.2, 0.25) is 0 Å². The monoisotopic (exact) mass is 300 g/mol. The number of hydrogen-bond acceptors (Lipinski definition) is 4. The minimum Gasteiger partial charge on any atom is -0.481 e. The van der Waals surface area contributed by atoms with Gasteiger partial charge in [0, 0.05) is 19.5 Å². The number of methoxy groups -OCH3 is 1. The van der Waals surface area contributed by atoms with Gasteiger partial charge in [-0.25, -0.2) is 9.59 Å². The number of ether oxygens (including phenoxy) is 1. The number of nitrogens with zero attached hydrogens (tertiary/aromatic N) is 1. The van der Waals surface area contributed by atoms with Crippen molar-refractivity contribution in [2.45, 2.75) is 45.1 Å². The largest absolute Gasteiger partial charge is 0.481 e. The van der Waals surface area contributed by atoms with Crippen molar-refractivity contribution in [3.05, 3.63) is 0 Å². The van der Waals surface area contributed by atoms with Crippen molar-refractivity contribution in [2.24, 2.45) is 5.92 Å². The lowest BCUT2D eigenvalue weighted by Crippen LogP contribution is -2.46. The molecule has 1 fully saturated rings. The van der Waals surface area contributed by atoms with Gasteiger partial charge in [0.15, 0.2) is 0 Å². The number of esters is 1. The standard InChI is InChI=1S/C14H24N2O5/c1-10(5-6-12(17)18)7-8-15-14(20)16-9-3-4-11(16)13(19)21-2/h10-11H,3-9H2,1-2H3,(H,15,20)(H,17,18). The summed E-state index contributed by atoms with van der Waals surface area (Å²) >= 11 is 0. The molecule has 120 valence electrons. The summed E-state index contributed by atoms with van der Waals surface area (Å²) in [5.41, 5.74) is 0. The van der Waals surface area contributed by atoms with E-state index in [2.05, 4.69) is 5.32 Å². The molecule has 0 aromatic rings. The Hall–Kier alpha value is -1.79. The van der Waals surface area contributed by atoms with E-state index in [4.69, 9.17) is 9.84 Å². The number of likely N-dealkylation sites (tertiary alicyclic amines) is 1. The van der Waals surface area contributed by atoms with E-state index in [1.165, 1.54) is 12.0 Å². The zero-order chi connectivity index (χ0) is 15.8. The molecule has 0 radical (unpaired) electrons. The number of nitrogens with one attached hydrogen (secondary N) is 1. The highest BCUT2D eigenvalue weighted by Crippen LogP contribution is 2.18. The first kappa shape index (κ1) is 17.3. The molecule has 1 aliphatic rings. The van der Waals surface area contributed by atoms with Crippen LogP contribution in [0.15, 0.2) is 0 Å². The average Bonchev–Trinajstić information content (AvgIpc) is 2.93. The van der Waals surface area contributed by atoms with Crippen molar-refractivity contribution >= 4 is 18.0 Å². The molecule has 1 rings (SSSR count). The Morgan fingerprint density at radius 1 is 1.38 bits per heavy atom. The summed E-state index contributed by atoms with van der Waals surface area (Å²) in [6.45, 7) is 2.99. The zero-order valence-corrected chi connectivity index (χ0v) is 12.6. The molecule has 21 heavy (non-hydrogen) atoms. The lowest BCUT2D eigenvalue weighted by molar-refractivity contribution is -0.145. The predicted molar refractivity (Wildman–Crippen MR) is 75.8 cm³/mol. The number of aliphatic carboxylic acids is 1. The third-order valence-electron chi connectivity index (χ3n) is 3.75. The number of carboxylic acid groups (broad SMARTS) is 1. The molecule has 2 N–H and O–H groups in total. The molecule has 0 bridgehead atoms. The van der Waals surface area contributed by atoms with E-state index in [9.17, 15) is 14.4 Å². The maximum Gasteiger partial charge on any atom is 0.328 e. The second-order valence-corrected chi connectivity index (χ2v) is 5.43. The molecule has 0 aliphatic carbocycles. The highest BCUT2D eigenvalue weighted by molar-refractivity contribution is 5.84. The molecule has 2 atom stereocenters. The van der Waals surface area contributed by atoms with Gasteiger partial charge in [-0.2, -0.15) is 0 Å². The number of urea groups is 1. The SMILES string of the molecule is COC(=O)C1CCCN1C(=O)NCCC(C)CCC(=O)O. The maximum atomic E-state index is 12.0. The molecule has 7 heteroatoms. The quantitative estimate of drug-likeness (QED) is 0.689. The maximum absolute atomic E-state index is 12.0. The van der Waals surface area contributed by atoms with E-state index in [-0.39, 0.29) is 24.3 Å². The molecule has 0 saturated carbocycles. The van der Waals surface area contributed by atoms with E-state index in [1.54, 1.807) is 0 Å². The van der Waals surface area contributed by atoms with Gasteiger partial charge in [-0.05, 0) is 31.6 Å². The highest BCUT2D eigenvalue weighted by Gasteiger charge is 2.34. The van der Waals surface area contributed by atoms with Crippen molar-refractivity contribution in [1.29, 1.82) is 0 Å². The number of amides is 2. The summed E-state index contributed by atoms with van der Waals surface area (Å²) in [4.78, 5) is 35.6. The highest BCUT2D eigenvalue weighted by atomic mass is 16.5. The fourth-order valence-corrected chi connectivity index (χ4v) is 2.43. The molecule has 1 saturated heterocycles. The number of carbonyl (C=O) groups excluding carboxylic acids is 2. The van der Waals surface area contributed by atoms with Crippen molar-refractivity contribution in [1.82, 2.24) is 10.2 Å². The summed E-state index contributed by atoms with van der Waals surface area (Å²) < 4.78 is 4.70. The van der Waals surface area contributed by atoms with Gasteiger partial charge in [0.1, 0.15) is 6.04 Å². The minimum atomic E-state index is -0.802. The van der Waals surface area contributed by atoms with Crippen molar-refractivity contribution in [3.8, 4) is 0 Å². The van der Waals surface area contributed by atoms with Gasteiger partial charge in [-0.15, -0.1) is 0 Å². The zero-order valence-electron chi connectivity index (χ0n) is 12.6. The van der Waals surface area contributed by atoms with Crippen LogP contribution >= 0.6 is 0 Å². The first-order chi connectivity index (χ1) is 9.95.